The first-order chi connectivity index (χ1) is 8.06. The van der Waals surface area contributed by atoms with Gasteiger partial charge in [-0.05, 0) is 24.6 Å². The van der Waals surface area contributed by atoms with Crippen molar-refractivity contribution in [2.75, 3.05) is 5.73 Å². The van der Waals surface area contributed by atoms with Crippen molar-refractivity contribution in [1.29, 1.82) is 0 Å². The summed E-state index contributed by atoms with van der Waals surface area (Å²) in [6.45, 7) is 1.94. The van der Waals surface area contributed by atoms with E-state index >= 15 is 0 Å². The van der Waals surface area contributed by atoms with Crippen LogP contribution in [-0.2, 0) is 0 Å². The van der Waals surface area contributed by atoms with Crippen LogP contribution in [0.3, 0.4) is 0 Å². The van der Waals surface area contributed by atoms with Crippen LogP contribution in [0.15, 0.2) is 24.3 Å². The summed E-state index contributed by atoms with van der Waals surface area (Å²) in [5.74, 6) is 0.141. The summed E-state index contributed by atoms with van der Waals surface area (Å²) in [7, 11) is 0. The Morgan fingerprint density at radius 2 is 1.83 bits per heavy atom. The molecule has 0 saturated carbocycles. The van der Waals surface area contributed by atoms with E-state index in [4.69, 9.17) is 17.2 Å². The van der Waals surface area contributed by atoms with Crippen LogP contribution >= 0.6 is 11.3 Å². The highest BCUT2D eigenvalue weighted by molar-refractivity contribution is 7.18. The molecule has 7 N–H and O–H groups in total. The molecule has 5 nitrogen and oxygen atoms in total. The van der Waals surface area contributed by atoms with Crippen molar-refractivity contribution in [1.82, 2.24) is 4.98 Å². The fourth-order valence-electron chi connectivity index (χ4n) is 1.48. The van der Waals surface area contributed by atoms with Gasteiger partial charge in [-0.15, -0.1) is 4.98 Å². The Hall–Kier alpha value is -1.79. The molecule has 2 aromatic rings. The maximum Gasteiger partial charge on any atom is 0.303 e. The molecule has 0 fully saturated rings. The molecule has 0 amide bonds. The van der Waals surface area contributed by atoms with Gasteiger partial charge in [0.1, 0.15) is 5.69 Å². The van der Waals surface area contributed by atoms with E-state index in [-0.39, 0.29) is 18.4 Å². The third kappa shape index (κ3) is 3.12. The minimum atomic E-state index is 0. The number of hydrogen-bond acceptors (Lipinski definition) is 3. The van der Waals surface area contributed by atoms with Crippen LogP contribution in [0, 0.1) is 6.92 Å². The number of anilines is 1. The fraction of sp³-hybridized carbons (Fsp3) is 0.0909. The van der Waals surface area contributed by atoms with Gasteiger partial charge in [-0.1, -0.05) is 23.5 Å². The van der Waals surface area contributed by atoms with E-state index in [0.29, 0.717) is 5.13 Å². The zero-order valence-corrected chi connectivity index (χ0v) is 11.3. The predicted octanol–water partition coefficient (Wildman–Crippen LogP) is -3.31. The molecule has 7 heteroatoms. The van der Waals surface area contributed by atoms with Gasteiger partial charge in [0.25, 0.3) is 5.13 Å². The van der Waals surface area contributed by atoms with Gasteiger partial charge in [0.15, 0.2) is 0 Å². The standard InChI is InChI=1S/C11H13N5S.ClH/c1-6-9(7-2-4-8(12)5-3-7)17-11(15-6)16-10(13)14;/h2-5H,12H2,1H3,(H4,13,14,15,16);1H. The first-order valence-electron chi connectivity index (χ1n) is 5.04. The molecule has 0 aliphatic heterocycles. The van der Waals surface area contributed by atoms with Crippen LogP contribution < -0.4 is 34.6 Å². The van der Waals surface area contributed by atoms with Gasteiger partial charge in [-0.2, -0.15) is 0 Å². The molecule has 1 aromatic carbocycles. The minimum Gasteiger partial charge on any atom is -1.00 e. The highest BCUT2D eigenvalue weighted by Crippen LogP contribution is 2.30. The van der Waals surface area contributed by atoms with E-state index in [1.54, 1.807) is 0 Å². The number of nitrogens with zero attached hydrogens (tertiary/aromatic N) is 1. The number of rotatable bonds is 2. The summed E-state index contributed by atoms with van der Waals surface area (Å²) in [5.41, 5.74) is 19.2. The molecule has 0 bridgehead atoms. The number of benzene rings is 1. The van der Waals surface area contributed by atoms with Crippen molar-refractivity contribution < 1.29 is 17.4 Å². The highest BCUT2D eigenvalue weighted by Gasteiger charge is 2.12. The van der Waals surface area contributed by atoms with Gasteiger partial charge in [0.05, 0.1) is 4.88 Å². The van der Waals surface area contributed by atoms with Crippen molar-refractivity contribution in [2.45, 2.75) is 6.92 Å². The number of thiazole rings is 1. The van der Waals surface area contributed by atoms with Gasteiger partial charge >= 0.3 is 5.96 Å². The lowest BCUT2D eigenvalue weighted by Gasteiger charge is -1.97. The monoisotopic (exact) mass is 283 g/mol. The molecule has 0 spiro atoms. The Morgan fingerprint density at radius 3 is 2.39 bits per heavy atom. The lowest BCUT2D eigenvalue weighted by Crippen LogP contribution is -3.00. The second-order valence-electron chi connectivity index (χ2n) is 3.64. The summed E-state index contributed by atoms with van der Waals surface area (Å²) in [6.07, 6.45) is 0. The summed E-state index contributed by atoms with van der Waals surface area (Å²) in [4.78, 5) is 8.22. The van der Waals surface area contributed by atoms with Crippen molar-refractivity contribution in [3.63, 3.8) is 0 Å². The van der Waals surface area contributed by atoms with Crippen molar-refractivity contribution >= 4 is 28.1 Å². The Bertz CT molecular complexity index is 557. The fourth-order valence-corrected chi connectivity index (χ4v) is 2.47. The maximum atomic E-state index is 5.65. The predicted molar refractivity (Wildman–Crippen MR) is 70.7 cm³/mol. The van der Waals surface area contributed by atoms with Crippen LogP contribution in [-0.4, -0.2) is 10.9 Å². The summed E-state index contributed by atoms with van der Waals surface area (Å²) in [5, 5.41) is 0.689. The van der Waals surface area contributed by atoms with Crippen LogP contribution in [0.5, 0.6) is 0 Å². The lowest BCUT2D eigenvalue weighted by molar-refractivity contribution is -0.355. The Balaban J connectivity index is 0.00000162. The molecule has 1 heterocycles. The summed E-state index contributed by atoms with van der Waals surface area (Å²) < 4.78 is 0. The van der Waals surface area contributed by atoms with E-state index in [1.807, 2.05) is 31.2 Å². The number of hydrogen-bond donors (Lipinski definition) is 4. The van der Waals surface area contributed by atoms with Gasteiger partial charge in [0.2, 0.25) is 0 Å². The van der Waals surface area contributed by atoms with Crippen LogP contribution in [0.1, 0.15) is 5.69 Å². The molecule has 0 atom stereocenters. The quantitative estimate of drug-likeness (QED) is 0.263. The normalized spacial score (nSPS) is 9.61. The third-order valence-electron chi connectivity index (χ3n) is 2.22. The van der Waals surface area contributed by atoms with Gasteiger partial charge in [-0.25, -0.2) is 4.99 Å². The molecule has 0 radical (unpaired) electrons. The second kappa shape index (κ2) is 5.70. The molecule has 0 unspecified atom stereocenters. The molecular weight excluding hydrogens is 270 g/mol. The van der Waals surface area contributed by atoms with Crippen LogP contribution in [0.2, 0.25) is 0 Å². The third-order valence-corrected chi connectivity index (χ3v) is 3.34. The van der Waals surface area contributed by atoms with Crippen molar-refractivity contribution in [3.05, 3.63) is 30.0 Å². The van der Waals surface area contributed by atoms with Gasteiger partial charge in [0, 0.05) is 5.69 Å². The van der Waals surface area contributed by atoms with Crippen LogP contribution in [0.25, 0.3) is 10.4 Å². The molecular formula is C11H14ClN5S. The van der Waals surface area contributed by atoms with Gasteiger partial charge in [-0.3, -0.25) is 0 Å². The molecule has 18 heavy (non-hydrogen) atoms. The molecule has 0 aliphatic rings. The first-order valence-corrected chi connectivity index (χ1v) is 5.86. The second-order valence-corrected chi connectivity index (χ2v) is 4.63. The summed E-state index contributed by atoms with van der Waals surface area (Å²) in [6, 6.07) is 7.67. The number of guanidine groups is 1. The van der Waals surface area contributed by atoms with Crippen molar-refractivity contribution in [3.8, 4) is 10.4 Å². The summed E-state index contributed by atoms with van der Waals surface area (Å²) >= 11 is 1.50. The highest BCUT2D eigenvalue weighted by atomic mass is 35.5. The first kappa shape index (κ1) is 14.3. The molecule has 0 saturated heterocycles. The maximum absolute atomic E-state index is 5.65. The zero-order chi connectivity index (χ0) is 12.4. The average Bonchev–Trinajstić information content (AvgIpc) is 2.59. The zero-order valence-electron chi connectivity index (χ0n) is 9.77. The average molecular weight is 284 g/mol. The molecule has 0 aliphatic carbocycles. The van der Waals surface area contributed by atoms with E-state index in [2.05, 4.69) is 9.98 Å². The number of nitrogens with one attached hydrogen (secondary N) is 1. The Kier molecular flexibility index (Phi) is 4.52. The molecule has 2 rings (SSSR count). The molecule has 96 valence electrons. The number of halogens is 1. The van der Waals surface area contributed by atoms with E-state index in [1.165, 1.54) is 11.3 Å². The number of aryl methyl sites for hydroxylation is 1. The van der Waals surface area contributed by atoms with Crippen LogP contribution in [0.4, 0.5) is 10.8 Å². The molecule has 1 aromatic heterocycles. The number of nitrogens with two attached hydrogens (primary N) is 3. The number of nitrogen functional groups attached to an aromatic ring is 1. The topological polar surface area (TPSA) is 105 Å². The van der Waals surface area contributed by atoms with E-state index < -0.39 is 0 Å². The lowest BCUT2D eigenvalue weighted by atomic mass is 10.1. The Labute approximate surface area is 115 Å². The largest absolute Gasteiger partial charge is 1.00 e. The number of aromatic nitrogens is 1. The van der Waals surface area contributed by atoms with Crippen molar-refractivity contribution in [2.24, 2.45) is 11.5 Å². The van der Waals surface area contributed by atoms with E-state index in [0.717, 1.165) is 21.8 Å². The SMILES string of the molecule is Cc1nc([NH+]=C(N)N)sc1-c1ccc(N)cc1.[Cl-]. The van der Waals surface area contributed by atoms with E-state index in [9.17, 15) is 0 Å². The Morgan fingerprint density at radius 1 is 1.22 bits per heavy atom. The smallest absolute Gasteiger partial charge is 0.303 e. The minimum absolute atomic E-state index is 0. The van der Waals surface area contributed by atoms with Gasteiger partial charge < -0.3 is 29.6 Å².